The van der Waals surface area contributed by atoms with Crippen molar-refractivity contribution in [3.63, 3.8) is 0 Å². The number of amides is 1. The summed E-state index contributed by atoms with van der Waals surface area (Å²) in [5.41, 5.74) is -0.581. The summed E-state index contributed by atoms with van der Waals surface area (Å²) in [5.74, 6) is 0.221. The molecule has 0 radical (unpaired) electrons. The number of nitrogens with zero attached hydrogens (tertiary/aromatic N) is 2. The fraction of sp³-hybridized carbons (Fsp3) is 0.500. The van der Waals surface area contributed by atoms with Crippen molar-refractivity contribution in [2.45, 2.75) is 26.3 Å². The largest absolute Gasteiger partial charge is 0.415 e. The van der Waals surface area contributed by atoms with E-state index in [1.807, 2.05) is 20.8 Å². The van der Waals surface area contributed by atoms with Crippen molar-refractivity contribution < 1.29 is 9.53 Å². The van der Waals surface area contributed by atoms with Gasteiger partial charge in [0.25, 0.3) is 5.56 Å². The van der Waals surface area contributed by atoms with E-state index < -0.39 is 6.09 Å². The van der Waals surface area contributed by atoms with Crippen LogP contribution >= 0.6 is 15.9 Å². The highest BCUT2D eigenvalue weighted by Gasteiger charge is 2.24. The molecule has 0 aliphatic carbocycles. The number of hydrogen-bond acceptors (Lipinski definition) is 3. The second-order valence-corrected chi connectivity index (χ2v) is 5.89. The molecule has 1 aromatic heterocycles. The standard InChI is InChI=1S/C12H17BrN2O3/c1-12(2,3)15(5)11(17)18-9-6-10(16)14(4)7-8(9)13/h6-7H,1-5H3. The Morgan fingerprint density at radius 1 is 1.44 bits per heavy atom. The van der Waals surface area contributed by atoms with Crippen molar-refractivity contribution in [2.75, 3.05) is 7.05 Å². The minimum Gasteiger partial charge on any atom is -0.409 e. The SMILES string of the molecule is CN(C(=O)Oc1cc(=O)n(C)cc1Br)C(C)(C)C. The van der Waals surface area contributed by atoms with Crippen LogP contribution in [0.2, 0.25) is 0 Å². The molecule has 100 valence electrons. The molecule has 0 N–H and O–H groups in total. The summed E-state index contributed by atoms with van der Waals surface area (Å²) in [6.45, 7) is 5.69. The first kappa shape index (κ1) is 14.8. The lowest BCUT2D eigenvalue weighted by Crippen LogP contribution is -2.44. The maximum Gasteiger partial charge on any atom is 0.415 e. The second kappa shape index (κ2) is 5.14. The molecule has 0 saturated heterocycles. The Hall–Kier alpha value is -1.30. The molecule has 1 aromatic rings. The van der Waals surface area contributed by atoms with Gasteiger partial charge in [-0.3, -0.25) is 4.79 Å². The second-order valence-electron chi connectivity index (χ2n) is 5.03. The molecule has 1 rings (SSSR count). The van der Waals surface area contributed by atoms with Crippen molar-refractivity contribution in [1.82, 2.24) is 9.47 Å². The lowest BCUT2D eigenvalue weighted by molar-refractivity contribution is 0.124. The van der Waals surface area contributed by atoms with E-state index in [4.69, 9.17) is 4.74 Å². The smallest absolute Gasteiger partial charge is 0.409 e. The molecule has 18 heavy (non-hydrogen) atoms. The first-order valence-electron chi connectivity index (χ1n) is 5.44. The highest BCUT2D eigenvalue weighted by atomic mass is 79.9. The van der Waals surface area contributed by atoms with E-state index in [2.05, 4.69) is 15.9 Å². The average molecular weight is 317 g/mol. The first-order valence-corrected chi connectivity index (χ1v) is 6.24. The van der Waals surface area contributed by atoms with Crippen molar-refractivity contribution in [2.24, 2.45) is 7.05 Å². The Bertz CT molecular complexity index is 517. The third-order valence-electron chi connectivity index (χ3n) is 2.62. The summed E-state index contributed by atoms with van der Waals surface area (Å²) in [6.07, 6.45) is 1.05. The van der Waals surface area contributed by atoms with E-state index in [1.165, 1.54) is 15.5 Å². The molecule has 5 nitrogen and oxygen atoms in total. The predicted octanol–water partition coefficient (Wildman–Crippen LogP) is 2.38. The molecule has 1 amide bonds. The van der Waals surface area contributed by atoms with Crippen molar-refractivity contribution in [3.8, 4) is 5.75 Å². The zero-order chi connectivity index (χ0) is 14.1. The zero-order valence-electron chi connectivity index (χ0n) is 11.2. The minimum absolute atomic E-state index is 0.221. The highest BCUT2D eigenvalue weighted by Crippen LogP contribution is 2.23. The van der Waals surface area contributed by atoms with Gasteiger partial charge in [0, 0.05) is 31.9 Å². The molecule has 0 saturated carbocycles. The number of ether oxygens (including phenoxy) is 1. The van der Waals surface area contributed by atoms with Crippen LogP contribution in [0.5, 0.6) is 5.75 Å². The topological polar surface area (TPSA) is 51.5 Å². The maximum atomic E-state index is 11.9. The van der Waals surface area contributed by atoms with Crippen molar-refractivity contribution in [3.05, 3.63) is 27.1 Å². The summed E-state index contributed by atoms with van der Waals surface area (Å²) >= 11 is 3.25. The van der Waals surface area contributed by atoms with Gasteiger partial charge in [-0.25, -0.2) is 4.79 Å². The van der Waals surface area contributed by atoms with Crippen LogP contribution in [-0.4, -0.2) is 28.1 Å². The monoisotopic (exact) mass is 316 g/mol. The Balaban J connectivity index is 2.96. The first-order chi connectivity index (χ1) is 8.12. The van der Waals surface area contributed by atoms with Crippen LogP contribution in [0.15, 0.2) is 21.5 Å². The van der Waals surface area contributed by atoms with Crippen LogP contribution in [-0.2, 0) is 7.05 Å². The summed E-state index contributed by atoms with van der Waals surface area (Å²) in [6, 6.07) is 1.28. The lowest BCUT2D eigenvalue weighted by Gasteiger charge is -2.30. The summed E-state index contributed by atoms with van der Waals surface area (Å²) in [5, 5.41) is 0. The van der Waals surface area contributed by atoms with E-state index in [1.54, 1.807) is 20.3 Å². The van der Waals surface area contributed by atoms with Gasteiger partial charge in [0.2, 0.25) is 0 Å². The number of aromatic nitrogens is 1. The van der Waals surface area contributed by atoms with E-state index in [0.29, 0.717) is 4.47 Å². The van der Waals surface area contributed by atoms with Crippen LogP contribution < -0.4 is 10.3 Å². The highest BCUT2D eigenvalue weighted by molar-refractivity contribution is 9.10. The van der Waals surface area contributed by atoms with E-state index in [0.717, 1.165) is 0 Å². The third kappa shape index (κ3) is 3.35. The zero-order valence-corrected chi connectivity index (χ0v) is 12.7. The van der Waals surface area contributed by atoms with Crippen LogP contribution in [0.4, 0.5) is 4.79 Å². The minimum atomic E-state index is -0.503. The molecule has 0 bridgehead atoms. The van der Waals surface area contributed by atoms with Gasteiger partial charge in [0.1, 0.15) is 0 Å². The molecule has 1 heterocycles. The molecule has 0 aliphatic heterocycles. The van der Waals surface area contributed by atoms with Gasteiger partial charge >= 0.3 is 6.09 Å². The Morgan fingerprint density at radius 3 is 2.50 bits per heavy atom. The number of halogens is 1. The van der Waals surface area contributed by atoms with Gasteiger partial charge in [0.15, 0.2) is 5.75 Å². The molecule has 0 aromatic carbocycles. The average Bonchev–Trinajstić information content (AvgIpc) is 2.23. The van der Waals surface area contributed by atoms with Gasteiger partial charge in [0.05, 0.1) is 4.47 Å². The number of aryl methyl sites for hydroxylation is 1. The van der Waals surface area contributed by atoms with Gasteiger partial charge in [-0.05, 0) is 36.7 Å². The Kier molecular flexibility index (Phi) is 4.21. The van der Waals surface area contributed by atoms with Crippen molar-refractivity contribution in [1.29, 1.82) is 0 Å². The third-order valence-corrected chi connectivity index (χ3v) is 3.22. The van der Waals surface area contributed by atoms with Gasteiger partial charge < -0.3 is 14.2 Å². The number of carbonyl (C=O) groups excluding carboxylic acids is 1. The van der Waals surface area contributed by atoms with Crippen LogP contribution in [0.25, 0.3) is 0 Å². The van der Waals surface area contributed by atoms with E-state index in [-0.39, 0.29) is 16.8 Å². The summed E-state index contributed by atoms with van der Waals surface area (Å²) in [4.78, 5) is 24.8. The molecule has 0 atom stereocenters. The van der Waals surface area contributed by atoms with Crippen molar-refractivity contribution >= 4 is 22.0 Å². The van der Waals surface area contributed by atoms with Crippen LogP contribution in [0.1, 0.15) is 20.8 Å². The van der Waals surface area contributed by atoms with Gasteiger partial charge in [-0.1, -0.05) is 0 Å². The number of hydrogen-bond donors (Lipinski definition) is 0. The lowest BCUT2D eigenvalue weighted by atomic mass is 10.1. The summed E-state index contributed by atoms with van der Waals surface area (Å²) in [7, 11) is 3.28. The number of rotatable bonds is 1. The van der Waals surface area contributed by atoms with Gasteiger partial charge in [-0.15, -0.1) is 0 Å². The summed E-state index contributed by atoms with van der Waals surface area (Å²) < 4.78 is 7.15. The Morgan fingerprint density at radius 2 is 2.00 bits per heavy atom. The molecular formula is C12H17BrN2O3. The molecular weight excluding hydrogens is 300 g/mol. The van der Waals surface area contributed by atoms with E-state index in [9.17, 15) is 9.59 Å². The molecule has 6 heteroatoms. The van der Waals surface area contributed by atoms with Crippen LogP contribution in [0.3, 0.4) is 0 Å². The fourth-order valence-corrected chi connectivity index (χ4v) is 1.60. The molecule has 0 spiro atoms. The molecule has 0 fully saturated rings. The van der Waals surface area contributed by atoms with Crippen LogP contribution in [0, 0.1) is 0 Å². The number of pyridine rings is 1. The number of carbonyl (C=O) groups is 1. The quantitative estimate of drug-likeness (QED) is 0.799. The maximum absolute atomic E-state index is 11.9. The normalized spacial score (nSPS) is 11.2. The molecule has 0 unspecified atom stereocenters. The predicted molar refractivity (Wildman–Crippen MR) is 72.9 cm³/mol. The fourth-order valence-electron chi connectivity index (χ4n) is 1.09. The Labute approximate surface area is 114 Å². The van der Waals surface area contributed by atoms with E-state index >= 15 is 0 Å². The molecule has 0 aliphatic rings. The van der Waals surface area contributed by atoms with Gasteiger partial charge in [-0.2, -0.15) is 0 Å².